The molecule has 0 atom stereocenters. The molecule has 0 unspecified atom stereocenters. The Labute approximate surface area is 104 Å². The molecule has 3 N–H and O–H groups in total. The molecule has 2 nitrogen and oxygen atoms in total. The average Bonchev–Trinajstić information content (AvgIpc) is 2.28. The molecule has 0 aromatic heterocycles. The van der Waals surface area contributed by atoms with Gasteiger partial charge in [-0.15, -0.1) is 0 Å². The van der Waals surface area contributed by atoms with Gasteiger partial charge in [-0.25, -0.2) is 0 Å². The summed E-state index contributed by atoms with van der Waals surface area (Å²) in [5.74, 6) is 0. The number of nitrogens with two attached hydrogens (primary N) is 1. The maximum atomic E-state index is 12.4. The molecule has 1 fully saturated rings. The maximum Gasteiger partial charge on any atom is 0.416 e. The Morgan fingerprint density at radius 2 is 1.78 bits per heavy atom. The highest BCUT2D eigenvalue weighted by Crippen LogP contribution is 2.40. The minimum absolute atomic E-state index is 0.142. The van der Waals surface area contributed by atoms with Gasteiger partial charge in [0, 0.05) is 12.2 Å². The van der Waals surface area contributed by atoms with Crippen molar-refractivity contribution in [3.8, 4) is 0 Å². The molecule has 0 saturated heterocycles. The molecular formula is C13H17F3N2. The largest absolute Gasteiger partial charge is 0.416 e. The number of alkyl halides is 3. The van der Waals surface area contributed by atoms with Gasteiger partial charge in [0.1, 0.15) is 0 Å². The van der Waals surface area contributed by atoms with Crippen LogP contribution in [0.1, 0.15) is 24.8 Å². The van der Waals surface area contributed by atoms with Crippen LogP contribution in [0.3, 0.4) is 0 Å². The van der Waals surface area contributed by atoms with E-state index in [0.717, 1.165) is 31.5 Å². The molecule has 1 aliphatic rings. The summed E-state index contributed by atoms with van der Waals surface area (Å²) in [5.41, 5.74) is 5.96. The van der Waals surface area contributed by atoms with E-state index in [0.29, 0.717) is 12.2 Å². The normalized spacial score (nSPS) is 18.2. The lowest BCUT2D eigenvalue weighted by Gasteiger charge is -2.41. The van der Waals surface area contributed by atoms with Crippen LogP contribution >= 0.6 is 0 Å². The Balaban J connectivity index is 1.94. The molecule has 0 aliphatic heterocycles. The lowest BCUT2D eigenvalue weighted by Crippen LogP contribution is -2.42. The highest BCUT2D eigenvalue weighted by Gasteiger charge is 2.35. The lowest BCUT2D eigenvalue weighted by atomic mass is 9.69. The van der Waals surface area contributed by atoms with Crippen molar-refractivity contribution >= 4 is 5.69 Å². The second-order valence-corrected chi connectivity index (χ2v) is 4.99. The first-order valence-corrected chi connectivity index (χ1v) is 6.06. The van der Waals surface area contributed by atoms with E-state index in [1.165, 1.54) is 18.6 Å². The van der Waals surface area contributed by atoms with E-state index in [-0.39, 0.29) is 5.41 Å². The van der Waals surface area contributed by atoms with Crippen LogP contribution in [0.25, 0.3) is 0 Å². The van der Waals surface area contributed by atoms with Gasteiger partial charge in [-0.1, -0.05) is 6.42 Å². The van der Waals surface area contributed by atoms with E-state index in [2.05, 4.69) is 5.32 Å². The Kier molecular flexibility index (Phi) is 3.52. The maximum absolute atomic E-state index is 12.4. The predicted octanol–water partition coefficient (Wildman–Crippen LogP) is 3.25. The molecule has 18 heavy (non-hydrogen) atoms. The first kappa shape index (κ1) is 13.2. The second-order valence-electron chi connectivity index (χ2n) is 4.99. The summed E-state index contributed by atoms with van der Waals surface area (Å²) >= 11 is 0. The second kappa shape index (κ2) is 4.80. The summed E-state index contributed by atoms with van der Waals surface area (Å²) in [7, 11) is 0. The molecule has 5 heteroatoms. The molecule has 1 saturated carbocycles. The highest BCUT2D eigenvalue weighted by atomic mass is 19.4. The molecule has 0 heterocycles. The minimum Gasteiger partial charge on any atom is -0.384 e. The summed E-state index contributed by atoms with van der Waals surface area (Å²) in [6.07, 6.45) is -0.898. The minimum atomic E-state index is -4.27. The zero-order chi connectivity index (χ0) is 13.2. The van der Waals surface area contributed by atoms with Crippen molar-refractivity contribution in [2.45, 2.75) is 25.4 Å². The van der Waals surface area contributed by atoms with Gasteiger partial charge in [0.25, 0.3) is 0 Å². The molecule has 1 aromatic carbocycles. The standard InChI is InChI=1S/C13H17F3N2/c14-13(15,16)10-2-4-11(5-3-10)18-9-12(8-17)6-1-7-12/h2-5,18H,1,6-9,17H2. The van der Waals surface area contributed by atoms with Gasteiger partial charge in [0.2, 0.25) is 0 Å². The van der Waals surface area contributed by atoms with Crippen LogP contribution in [-0.2, 0) is 6.18 Å². The van der Waals surface area contributed by atoms with Crippen molar-refractivity contribution in [2.24, 2.45) is 11.1 Å². The quantitative estimate of drug-likeness (QED) is 0.870. The third-order valence-corrected chi connectivity index (χ3v) is 3.73. The molecule has 1 aliphatic carbocycles. The van der Waals surface area contributed by atoms with Crippen LogP contribution in [0.4, 0.5) is 18.9 Å². The van der Waals surface area contributed by atoms with E-state index < -0.39 is 11.7 Å². The summed E-state index contributed by atoms with van der Waals surface area (Å²) in [6.45, 7) is 1.36. The van der Waals surface area contributed by atoms with Crippen LogP contribution in [0.5, 0.6) is 0 Å². The van der Waals surface area contributed by atoms with Gasteiger partial charge < -0.3 is 11.1 Å². The van der Waals surface area contributed by atoms with Crippen molar-refractivity contribution in [1.29, 1.82) is 0 Å². The van der Waals surface area contributed by atoms with Gasteiger partial charge in [-0.2, -0.15) is 13.2 Å². The van der Waals surface area contributed by atoms with E-state index in [1.807, 2.05) is 0 Å². The van der Waals surface area contributed by atoms with Gasteiger partial charge >= 0.3 is 6.18 Å². The van der Waals surface area contributed by atoms with Crippen LogP contribution in [0, 0.1) is 5.41 Å². The summed E-state index contributed by atoms with van der Waals surface area (Å²) in [6, 6.07) is 5.12. The molecule has 100 valence electrons. The number of benzene rings is 1. The van der Waals surface area contributed by atoms with Crippen LogP contribution < -0.4 is 11.1 Å². The summed E-state index contributed by atoms with van der Waals surface area (Å²) in [5, 5.41) is 3.17. The SMILES string of the molecule is NCC1(CNc2ccc(C(F)(F)F)cc2)CCC1. The Bertz CT molecular complexity index is 388. The fraction of sp³-hybridized carbons (Fsp3) is 0.538. The number of hydrogen-bond donors (Lipinski definition) is 2. The number of halogens is 3. The predicted molar refractivity (Wildman–Crippen MR) is 65.3 cm³/mol. The van der Waals surface area contributed by atoms with E-state index in [9.17, 15) is 13.2 Å². The van der Waals surface area contributed by atoms with Crippen LogP contribution in [-0.4, -0.2) is 13.1 Å². The average molecular weight is 258 g/mol. The van der Waals surface area contributed by atoms with Gasteiger partial charge in [-0.05, 0) is 49.1 Å². The zero-order valence-electron chi connectivity index (χ0n) is 10.1. The molecule has 0 spiro atoms. The Morgan fingerprint density at radius 3 is 2.17 bits per heavy atom. The van der Waals surface area contributed by atoms with Gasteiger partial charge in [-0.3, -0.25) is 0 Å². The summed E-state index contributed by atoms with van der Waals surface area (Å²) in [4.78, 5) is 0. The third kappa shape index (κ3) is 2.77. The van der Waals surface area contributed by atoms with E-state index in [1.54, 1.807) is 0 Å². The topological polar surface area (TPSA) is 38.0 Å². The van der Waals surface area contributed by atoms with Crippen LogP contribution in [0.15, 0.2) is 24.3 Å². The molecule has 0 bridgehead atoms. The molecule has 0 radical (unpaired) electrons. The number of hydrogen-bond acceptors (Lipinski definition) is 2. The lowest BCUT2D eigenvalue weighted by molar-refractivity contribution is -0.137. The van der Waals surface area contributed by atoms with Crippen molar-refractivity contribution < 1.29 is 13.2 Å². The molecule has 1 aromatic rings. The first-order valence-electron chi connectivity index (χ1n) is 6.06. The Morgan fingerprint density at radius 1 is 1.17 bits per heavy atom. The molecule has 2 rings (SSSR count). The van der Waals surface area contributed by atoms with Gasteiger partial charge in [0.15, 0.2) is 0 Å². The van der Waals surface area contributed by atoms with Crippen molar-refractivity contribution in [1.82, 2.24) is 0 Å². The smallest absolute Gasteiger partial charge is 0.384 e. The van der Waals surface area contributed by atoms with Crippen molar-refractivity contribution in [2.75, 3.05) is 18.4 Å². The molecular weight excluding hydrogens is 241 g/mol. The third-order valence-electron chi connectivity index (χ3n) is 3.73. The number of anilines is 1. The zero-order valence-corrected chi connectivity index (χ0v) is 10.1. The first-order chi connectivity index (χ1) is 8.45. The van der Waals surface area contributed by atoms with Crippen molar-refractivity contribution in [3.05, 3.63) is 29.8 Å². The fourth-order valence-electron chi connectivity index (χ4n) is 2.20. The van der Waals surface area contributed by atoms with Crippen molar-refractivity contribution in [3.63, 3.8) is 0 Å². The molecule has 0 amide bonds. The number of nitrogens with one attached hydrogen (secondary N) is 1. The summed E-state index contributed by atoms with van der Waals surface area (Å²) < 4.78 is 37.1. The van der Waals surface area contributed by atoms with Gasteiger partial charge in [0.05, 0.1) is 5.56 Å². The van der Waals surface area contributed by atoms with Crippen LogP contribution in [0.2, 0.25) is 0 Å². The number of rotatable bonds is 4. The Hall–Kier alpha value is -1.23. The fourth-order valence-corrected chi connectivity index (χ4v) is 2.20. The van der Waals surface area contributed by atoms with E-state index >= 15 is 0 Å². The van der Waals surface area contributed by atoms with E-state index in [4.69, 9.17) is 5.73 Å². The highest BCUT2D eigenvalue weighted by molar-refractivity contribution is 5.45. The monoisotopic (exact) mass is 258 g/mol.